The fourth-order valence-corrected chi connectivity index (χ4v) is 3.06. The van der Waals surface area contributed by atoms with E-state index in [1.54, 1.807) is 41.9 Å². The summed E-state index contributed by atoms with van der Waals surface area (Å²) in [6.45, 7) is 0.535. The molecule has 0 radical (unpaired) electrons. The van der Waals surface area contributed by atoms with Gasteiger partial charge in [-0.05, 0) is 36.1 Å². The third kappa shape index (κ3) is 4.32. The van der Waals surface area contributed by atoms with E-state index in [1.807, 2.05) is 36.6 Å². The molecule has 0 spiro atoms. The Morgan fingerprint density at radius 3 is 2.62 bits per heavy atom. The minimum atomic E-state index is -0.480. The van der Waals surface area contributed by atoms with E-state index in [1.165, 1.54) is 4.90 Å². The van der Waals surface area contributed by atoms with Crippen LogP contribution in [0.5, 0.6) is 0 Å². The highest BCUT2D eigenvalue weighted by Gasteiger charge is 2.13. The zero-order valence-corrected chi connectivity index (χ0v) is 15.6. The zero-order valence-electron chi connectivity index (χ0n) is 14.8. The molecule has 0 fully saturated rings. The Balaban J connectivity index is 1.62. The van der Waals surface area contributed by atoms with Gasteiger partial charge in [-0.2, -0.15) is 0 Å². The Morgan fingerprint density at radius 2 is 1.88 bits per heavy atom. The van der Waals surface area contributed by atoms with Gasteiger partial charge in [0.15, 0.2) is 5.58 Å². The summed E-state index contributed by atoms with van der Waals surface area (Å²) < 4.78 is 5.26. The van der Waals surface area contributed by atoms with Gasteiger partial charge in [-0.1, -0.05) is 24.3 Å². The average molecular weight is 368 g/mol. The van der Waals surface area contributed by atoms with Gasteiger partial charge in [0.1, 0.15) is 11.2 Å². The number of nitrogens with zero attached hydrogens (tertiary/aromatic N) is 2. The summed E-state index contributed by atoms with van der Waals surface area (Å²) in [6, 6.07) is 15.2. The average Bonchev–Trinajstić information content (AvgIpc) is 2.66. The molecule has 1 aromatic heterocycles. The van der Waals surface area contributed by atoms with Gasteiger partial charge < -0.3 is 9.32 Å². The predicted octanol–water partition coefficient (Wildman–Crippen LogP) is 3.50. The van der Waals surface area contributed by atoms with Crippen LogP contribution in [-0.4, -0.2) is 29.1 Å². The van der Waals surface area contributed by atoms with Gasteiger partial charge in [-0.25, -0.2) is 9.78 Å². The SMILES string of the molecule is CSc1ccc(CN(C)C(=O)CCc2nc3ccccc3oc2=O)cc1. The maximum absolute atomic E-state index is 12.4. The van der Waals surface area contributed by atoms with Gasteiger partial charge in [0, 0.05) is 31.3 Å². The monoisotopic (exact) mass is 368 g/mol. The van der Waals surface area contributed by atoms with E-state index in [4.69, 9.17) is 4.42 Å². The zero-order chi connectivity index (χ0) is 18.5. The first kappa shape index (κ1) is 18.2. The summed E-state index contributed by atoms with van der Waals surface area (Å²) in [6.07, 6.45) is 2.51. The Kier molecular flexibility index (Phi) is 5.73. The van der Waals surface area contributed by atoms with Crippen LogP contribution < -0.4 is 5.63 Å². The molecule has 0 unspecified atom stereocenters. The molecular weight excluding hydrogens is 348 g/mol. The molecule has 3 aromatic rings. The minimum absolute atomic E-state index is 0.0340. The first-order chi connectivity index (χ1) is 12.6. The number of para-hydroxylation sites is 2. The molecule has 0 aliphatic rings. The molecule has 0 saturated carbocycles. The maximum atomic E-state index is 12.4. The Hall–Kier alpha value is -2.60. The molecule has 5 nitrogen and oxygen atoms in total. The molecule has 1 amide bonds. The van der Waals surface area contributed by atoms with Gasteiger partial charge in [-0.15, -0.1) is 11.8 Å². The largest absolute Gasteiger partial charge is 0.420 e. The molecule has 0 aliphatic heterocycles. The van der Waals surface area contributed by atoms with E-state index < -0.39 is 5.63 Å². The van der Waals surface area contributed by atoms with Gasteiger partial charge in [-0.3, -0.25) is 4.79 Å². The minimum Gasteiger partial charge on any atom is -0.420 e. The van der Waals surface area contributed by atoms with Crippen molar-refractivity contribution < 1.29 is 9.21 Å². The van der Waals surface area contributed by atoms with Crippen molar-refractivity contribution in [3.8, 4) is 0 Å². The Morgan fingerprint density at radius 1 is 1.15 bits per heavy atom. The summed E-state index contributed by atoms with van der Waals surface area (Å²) >= 11 is 1.68. The number of amides is 1. The van der Waals surface area contributed by atoms with Crippen molar-refractivity contribution in [2.45, 2.75) is 24.3 Å². The van der Waals surface area contributed by atoms with Crippen LogP contribution in [-0.2, 0) is 17.8 Å². The number of benzene rings is 2. The van der Waals surface area contributed by atoms with Crippen LogP contribution in [0.4, 0.5) is 0 Å². The molecular formula is C20H20N2O3S. The van der Waals surface area contributed by atoms with Crippen molar-refractivity contribution >= 4 is 28.8 Å². The summed E-state index contributed by atoms with van der Waals surface area (Å²) in [5, 5.41) is 0. The molecule has 2 aromatic carbocycles. The Bertz CT molecular complexity index is 967. The lowest BCUT2D eigenvalue weighted by atomic mass is 10.2. The van der Waals surface area contributed by atoms with Crippen LogP contribution in [0, 0.1) is 0 Å². The van der Waals surface area contributed by atoms with Crippen LogP contribution in [0.2, 0.25) is 0 Å². The van der Waals surface area contributed by atoms with Gasteiger partial charge >= 0.3 is 5.63 Å². The fraction of sp³-hybridized carbons (Fsp3) is 0.250. The third-order valence-electron chi connectivity index (χ3n) is 4.14. The van der Waals surface area contributed by atoms with Crippen molar-refractivity contribution in [3.05, 3.63) is 70.2 Å². The van der Waals surface area contributed by atoms with E-state index in [-0.39, 0.29) is 24.4 Å². The van der Waals surface area contributed by atoms with Crippen molar-refractivity contribution in [2.75, 3.05) is 13.3 Å². The van der Waals surface area contributed by atoms with Gasteiger partial charge in [0.25, 0.3) is 0 Å². The number of fused-ring (bicyclic) bond motifs is 1. The number of hydrogen-bond donors (Lipinski definition) is 0. The van der Waals surface area contributed by atoms with E-state index in [0.717, 1.165) is 5.56 Å². The number of thioether (sulfide) groups is 1. The third-order valence-corrected chi connectivity index (χ3v) is 4.88. The summed E-state index contributed by atoms with van der Waals surface area (Å²) in [7, 11) is 1.76. The van der Waals surface area contributed by atoms with Crippen molar-refractivity contribution in [1.29, 1.82) is 0 Å². The normalized spacial score (nSPS) is 10.8. The summed E-state index contributed by atoms with van der Waals surface area (Å²) in [5.41, 5.74) is 1.96. The number of hydrogen-bond acceptors (Lipinski definition) is 5. The highest BCUT2D eigenvalue weighted by atomic mass is 32.2. The molecule has 6 heteroatoms. The smallest absolute Gasteiger partial charge is 0.358 e. The van der Waals surface area contributed by atoms with E-state index >= 15 is 0 Å². The lowest BCUT2D eigenvalue weighted by Crippen LogP contribution is -2.27. The van der Waals surface area contributed by atoms with Crippen LogP contribution in [0.25, 0.3) is 11.1 Å². The predicted molar refractivity (Wildman–Crippen MR) is 103 cm³/mol. The first-order valence-electron chi connectivity index (χ1n) is 8.32. The van der Waals surface area contributed by atoms with Crippen molar-refractivity contribution in [2.24, 2.45) is 0 Å². The molecule has 0 atom stereocenters. The molecule has 134 valence electrons. The van der Waals surface area contributed by atoms with Crippen LogP contribution >= 0.6 is 11.8 Å². The second kappa shape index (κ2) is 8.19. The van der Waals surface area contributed by atoms with E-state index in [2.05, 4.69) is 4.98 Å². The number of aryl methyl sites for hydroxylation is 1. The Labute approximate surface area is 156 Å². The quantitative estimate of drug-likeness (QED) is 0.623. The molecule has 0 bridgehead atoms. The number of aromatic nitrogens is 1. The van der Waals surface area contributed by atoms with Crippen molar-refractivity contribution in [3.63, 3.8) is 0 Å². The molecule has 0 aliphatic carbocycles. The lowest BCUT2D eigenvalue weighted by molar-refractivity contribution is -0.130. The number of carbonyl (C=O) groups excluding carboxylic acids is 1. The van der Waals surface area contributed by atoms with Crippen molar-refractivity contribution in [1.82, 2.24) is 9.88 Å². The van der Waals surface area contributed by atoms with E-state index in [9.17, 15) is 9.59 Å². The number of carbonyl (C=O) groups is 1. The molecule has 0 N–H and O–H groups in total. The van der Waals surface area contributed by atoms with Crippen LogP contribution in [0.3, 0.4) is 0 Å². The maximum Gasteiger partial charge on any atom is 0.358 e. The topological polar surface area (TPSA) is 63.4 Å². The second-order valence-corrected chi connectivity index (χ2v) is 6.89. The molecule has 26 heavy (non-hydrogen) atoms. The van der Waals surface area contributed by atoms with Crippen LogP contribution in [0.1, 0.15) is 17.7 Å². The van der Waals surface area contributed by atoms with E-state index in [0.29, 0.717) is 17.6 Å². The number of rotatable bonds is 6. The summed E-state index contributed by atoms with van der Waals surface area (Å²) in [4.78, 5) is 31.6. The molecule has 1 heterocycles. The molecule has 0 saturated heterocycles. The highest BCUT2D eigenvalue weighted by Crippen LogP contribution is 2.16. The lowest BCUT2D eigenvalue weighted by Gasteiger charge is -2.17. The standard InChI is InChI=1S/C20H20N2O3S/c1-22(13-14-7-9-15(26-2)10-8-14)19(23)12-11-17-20(24)25-18-6-4-3-5-16(18)21-17/h3-10H,11-13H2,1-2H3. The molecule has 3 rings (SSSR count). The second-order valence-electron chi connectivity index (χ2n) is 6.01. The first-order valence-corrected chi connectivity index (χ1v) is 9.55. The highest BCUT2D eigenvalue weighted by molar-refractivity contribution is 7.98. The van der Waals surface area contributed by atoms with Gasteiger partial charge in [0.2, 0.25) is 5.91 Å². The fourth-order valence-electron chi connectivity index (χ4n) is 2.65. The van der Waals surface area contributed by atoms with Crippen LogP contribution in [0.15, 0.2) is 62.6 Å². The van der Waals surface area contributed by atoms with Gasteiger partial charge in [0.05, 0.1) is 0 Å². The summed E-state index contributed by atoms with van der Waals surface area (Å²) in [5.74, 6) is -0.0340.